The summed E-state index contributed by atoms with van der Waals surface area (Å²) in [6, 6.07) is 17.1. The zero-order valence-corrected chi connectivity index (χ0v) is 15.6. The first-order valence-corrected chi connectivity index (χ1v) is 9.05. The van der Waals surface area contributed by atoms with Gasteiger partial charge in [0.1, 0.15) is 11.9 Å². The molecule has 0 bridgehead atoms. The summed E-state index contributed by atoms with van der Waals surface area (Å²) in [5.41, 5.74) is 5.77. The van der Waals surface area contributed by atoms with Gasteiger partial charge in [-0.1, -0.05) is 24.3 Å². The molecule has 1 aliphatic rings. The van der Waals surface area contributed by atoms with E-state index in [9.17, 15) is 0 Å². The number of rotatable bonds is 3. The second-order valence-corrected chi connectivity index (χ2v) is 6.89. The molecule has 0 aliphatic carbocycles. The van der Waals surface area contributed by atoms with Crippen molar-refractivity contribution in [3.8, 4) is 16.9 Å². The average Bonchev–Trinajstić information content (AvgIpc) is 2.64. The highest BCUT2D eigenvalue weighted by Gasteiger charge is 2.14. The Bertz CT molecular complexity index is 884. The van der Waals surface area contributed by atoms with Gasteiger partial charge in [0.2, 0.25) is 0 Å². The number of ether oxygens (including phenoxy) is 1. The van der Waals surface area contributed by atoms with E-state index in [1.807, 2.05) is 0 Å². The summed E-state index contributed by atoms with van der Waals surface area (Å²) in [5, 5.41) is 4.56. The van der Waals surface area contributed by atoms with Crippen molar-refractivity contribution in [3.05, 3.63) is 59.8 Å². The van der Waals surface area contributed by atoms with E-state index in [1.54, 1.807) is 0 Å². The molecule has 4 rings (SSSR count). The highest BCUT2D eigenvalue weighted by Crippen LogP contribution is 2.27. The predicted octanol–water partition coefficient (Wildman–Crippen LogP) is 4.81. The van der Waals surface area contributed by atoms with Gasteiger partial charge < -0.3 is 16.2 Å². The highest BCUT2D eigenvalue weighted by molar-refractivity contribution is 5.85. The zero-order chi connectivity index (χ0) is 17.2. The SMILES string of the molecule is Cc1cc2ccc(-c3ccc(OC4CCNCC4)cc3)cc2nc1C.N. The third kappa shape index (κ3) is 3.87. The van der Waals surface area contributed by atoms with Crippen LogP contribution in [0.15, 0.2) is 48.5 Å². The van der Waals surface area contributed by atoms with Gasteiger partial charge in [-0.25, -0.2) is 0 Å². The summed E-state index contributed by atoms with van der Waals surface area (Å²) in [4.78, 5) is 4.73. The number of aryl methyl sites for hydroxylation is 2. The molecule has 2 aromatic carbocycles. The molecule has 0 spiro atoms. The Hall–Kier alpha value is -2.43. The van der Waals surface area contributed by atoms with Crippen LogP contribution in [0.1, 0.15) is 24.1 Å². The van der Waals surface area contributed by atoms with E-state index < -0.39 is 0 Å². The van der Waals surface area contributed by atoms with Crippen LogP contribution in [0.5, 0.6) is 5.75 Å². The molecule has 26 heavy (non-hydrogen) atoms. The monoisotopic (exact) mass is 349 g/mol. The Balaban J connectivity index is 0.00000196. The lowest BCUT2D eigenvalue weighted by Gasteiger charge is -2.23. The van der Waals surface area contributed by atoms with Gasteiger partial charge >= 0.3 is 0 Å². The quantitative estimate of drug-likeness (QED) is 0.712. The number of pyridine rings is 1. The van der Waals surface area contributed by atoms with E-state index in [4.69, 9.17) is 9.72 Å². The number of benzene rings is 2. The number of hydrogen-bond donors (Lipinski definition) is 2. The second kappa shape index (κ2) is 7.85. The van der Waals surface area contributed by atoms with Crippen LogP contribution >= 0.6 is 0 Å². The molecule has 1 fully saturated rings. The molecular weight excluding hydrogens is 322 g/mol. The Morgan fingerprint density at radius 3 is 2.35 bits per heavy atom. The normalized spacial score (nSPS) is 14.8. The van der Waals surface area contributed by atoms with Crippen LogP contribution in [0, 0.1) is 13.8 Å². The maximum absolute atomic E-state index is 6.09. The van der Waals surface area contributed by atoms with Crippen molar-refractivity contribution >= 4 is 10.9 Å². The maximum Gasteiger partial charge on any atom is 0.119 e. The topological polar surface area (TPSA) is 69.2 Å². The molecule has 0 unspecified atom stereocenters. The smallest absolute Gasteiger partial charge is 0.119 e. The molecule has 0 saturated carbocycles. The zero-order valence-electron chi connectivity index (χ0n) is 15.6. The first kappa shape index (κ1) is 18.4. The van der Waals surface area contributed by atoms with Crippen molar-refractivity contribution in [2.75, 3.05) is 13.1 Å². The summed E-state index contributed by atoms with van der Waals surface area (Å²) in [6.45, 7) is 6.27. The predicted molar refractivity (Wildman–Crippen MR) is 108 cm³/mol. The van der Waals surface area contributed by atoms with Gasteiger partial charge in [-0.2, -0.15) is 0 Å². The van der Waals surface area contributed by atoms with E-state index in [2.05, 4.69) is 67.7 Å². The van der Waals surface area contributed by atoms with Crippen LogP contribution in [-0.2, 0) is 0 Å². The first-order valence-electron chi connectivity index (χ1n) is 9.05. The number of piperidine rings is 1. The molecule has 1 aliphatic heterocycles. The molecule has 3 aromatic rings. The summed E-state index contributed by atoms with van der Waals surface area (Å²) in [7, 11) is 0. The maximum atomic E-state index is 6.09. The molecular formula is C22H27N3O. The van der Waals surface area contributed by atoms with Gasteiger partial charge in [-0.05, 0) is 80.7 Å². The van der Waals surface area contributed by atoms with E-state index >= 15 is 0 Å². The molecule has 4 N–H and O–H groups in total. The Labute approximate surface area is 155 Å². The standard InChI is InChI=1S/C22H24N2O.H3N/c1-15-13-19-4-3-18(14-22(19)24-16(15)2)17-5-7-20(8-6-17)25-21-9-11-23-12-10-21;/h3-8,13-14,21,23H,9-12H2,1-2H3;1H3. The first-order chi connectivity index (χ1) is 12.2. The third-order valence-corrected chi connectivity index (χ3v) is 5.04. The lowest BCUT2D eigenvalue weighted by Crippen LogP contribution is -2.34. The van der Waals surface area contributed by atoms with Gasteiger partial charge in [0.25, 0.3) is 0 Å². The minimum Gasteiger partial charge on any atom is -0.490 e. The summed E-state index contributed by atoms with van der Waals surface area (Å²) < 4.78 is 6.09. The molecule has 1 saturated heterocycles. The lowest BCUT2D eigenvalue weighted by atomic mass is 10.0. The molecule has 136 valence electrons. The minimum absolute atomic E-state index is 0. The molecule has 0 atom stereocenters. The fraction of sp³-hybridized carbons (Fsp3) is 0.318. The molecule has 0 radical (unpaired) electrons. The van der Waals surface area contributed by atoms with Crippen LogP contribution in [0.25, 0.3) is 22.0 Å². The van der Waals surface area contributed by atoms with Crippen LogP contribution in [0.2, 0.25) is 0 Å². The van der Waals surface area contributed by atoms with E-state index in [0.717, 1.165) is 42.9 Å². The lowest BCUT2D eigenvalue weighted by molar-refractivity contribution is 0.162. The van der Waals surface area contributed by atoms with Gasteiger partial charge in [-0.15, -0.1) is 0 Å². The molecule has 2 heterocycles. The van der Waals surface area contributed by atoms with Gasteiger partial charge in [0.15, 0.2) is 0 Å². The molecule has 4 nitrogen and oxygen atoms in total. The number of aromatic nitrogens is 1. The number of hydrogen-bond acceptors (Lipinski definition) is 4. The van der Waals surface area contributed by atoms with Crippen molar-refractivity contribution < 1.29 is 4.74 Å². The average molecular weight is 349 g/mol. The summed E-state index contributed by atoms with van der Waals surface area (Å²) in [5.74, 6) is 0.959. The van der Waals surface area contributed by atoms with Crippen LogP contribution in [0.3, 0.4) is 0 Å². The van der Waals surface area contributed by atoms with Crippen molar-refractivity contribution in [1.82, 2.24) is 16.5 Å². The molecule has 4 heteroatoms. The fourth-order valence-electron chi connectivity index (χ4n) is 3.38. The van der Waals surface area contributed by atoms with Crippen molar-refractivity contribution in [1.29, 1.82) is 0 Å². The van der Waals surface area contributed by atoms with Gasteiger partial charge in [0.05, 0.1) is 5.52 Å². The number of nitrogens with zero attached hydrogens (tertiary/aromatic N) is 1. The summed E-state index contributed by atoms with van der Waals surface area (Å²) >= 11 is 0. The Morgan fingerprint density at radius 1 is 0.923 bits per heavy atom. The number of fused-ring (bicyclic) bond motifs is 1. The minimum atomic E-state index is 0. The number of nitrogens with one attached hydrogen (secondary N) is 1. The van der Waals surface area contributed by atoms with Crippen LogP contribution < -0.4 is 16.2 Å². The van der Waals surface area contributed by atoms with Crippen LogP contribution in [-0.4, -0.2) is 24.2 Å². The fourth-order valence-corrected chi connectivity index (χ4v) is 3.38. The molecule has 1 aromatic heterocycles. The van der Waals surface area contributed by atoms with E-state index in [-0.39, 0.29) is 6.15 Å². The third-order valence-electron chi connectivity index (χ3n) is 5.04. The largest absolute Gasteiger partial charge is 0.490 e. The van der Waals surface area contributed by atoms with E-state index in [0.29, 0.717) is 6.10 Å². The molecule has 0 amide bonds. The van der Waals surface area contributed by atoms with E-state index in [1.165, 1.54) is 22.1 Å². The Kier molecular flexibility index (Phi) is 5.55. The van der Waals surface area contributed by atoms with Crippen LogP contribution in [0.4, 0.5) is 0 Å². The van der Waals surface area contributed by atoms with Crippen molar-refractivity contribution in [2.45, 2.75) is 32.8 Å². The highest BCUT2D eigenvalue weighted by atomic mass is 16.5. The van der Waals surface area contributed by atoms with Crippen molar-refractivity contribution in [2.24, 2.45) is 0 Å². The Morgan fingerprint density at radius 2 is 1.62 bits per heavy atom. The summed E-state index contributed by atoms with van der Waals surface area (Å²) in [6.07, 6.45) is 2.50. The van der Waals surface area contributed by atoms with Crippen molar-refractivity contribution in [3.63, 3.8) is 0 Å². The van der Waals surface area contributed by atoms with Gasteiger partial charge in [-0.3, -0.25) is 4.98 Å². The van der Waals surface area contributed by atoms with Gasteiger partial charge in [0, 0.05) is 11.1 Å². The second-order valence-electron chi connectivity index (χ2n) is 6.89.